The molecule has 0 aliphatic carbocycles. The molecule has 0 aliphatic rings. The quantitative estimate of drug-likeness (QED) is 0.298. The molecule has 0 unspecified atom stereocenters. The number of nitrogens with one attached hydrogen (secondary N) is 1. The van der Waals surface area contributed by atoms with E-state index in [9.17, 15) is 9.59 Å². The monoisotopic (exact) mass is 443 g/mol. The van der Waals surface area contributed by atoms with E-state index in [2.05, 4.69) is 15.5 Å². The van der Waals surface area contributed by atoms with Crippen molar-refractivity contribution in [1.82, 2.24) is 10.2 Å². The summed E-state index contributed by atoms with van der Waals surface area (Å²) < 4.78 is 5.92. The predicted molar refractivity (Wildman–Crippen MR) is 124 cm³/mol. The van der Waals surface area contributed by atoms with Gasteiger partial charge in [0.15, 0.2) is 5.78 Å². The third kappa shape index (κ3) is 5.31. The molecule has 4 aromatic rings. The Morgan fingerprint density at radius 2 is 1.47 bits per heavy atom. The van der Waals surface area contributed by atoms with Crippen LogP contribution in [0.4, 0.5) is 5.69 Å². The van der Waals surface area contributed by atoms with Gasteiger partial charge in [-0.3, -0.25) is 9.59 Å². The summed E-state index contributed by atoms with van der Waals surface area (Å²) in [6.45, 7) is 1.50. The third-order valence-corrected chi connectivity index (χ3v) is 5.66. The van der Waals surface area contributed by atoms with E-state index >= 15 is 0 Å². The first-order chi connectivity index (χ1) is 15.6. The molecule has 3 aromatic carbocycles. The molecule has 0 atom stereocenters. The van der Waals surface area contributed by atoms with Crippen molar-refractivity contribution in [1.29, 1.82) is 0 Å². The first-order valence-electron chi connectivity index (χ1n) is 10.1. The number of benzene rings is 3. The Bertz CT molecular complexity index is 1150. The molecule has 7 heteroatoms. The van der Waals surface area contributed by atoms with Crippen molar-refractivity contribution in [3.05, 3.63) is 108 Å². The van der Waals surface area contributed by atoms with E-state index in [1.165, 1.54) is 18.7 Å². The normalized spacial score (nSPS) is 10.8. The van der Waals surface area contributed by atoms with Gasteiger partial charge in [-0.25, -0.2) is 0 Å². The summed E-state index contributed by atoms with van der Waals surface area (Å²) in [4.78, 5) is 23.7. The molecule has 0 spiro atoms. The predicted octanol–water partition coefficient (Wildman–Crippen LogP) is 5.18. The van der Waals surface area contributed by atoms with Crippen LogP contribution in [0.15, 0.2) is 94.6 Å². The fraction of sp³-hybridized carbons (Fsp3) is 0.120. The molecule has 0 radical (unpaired) electrons. The number of aromatic nitrogens is 2. The molecule has 4 rings (SSSR count). The molecule has 0 saturated heterocycles. The lowest BCUT2D eigenvalue weighted by Gasteiger charge is -2.13. The molecule has 6 nitrogen and oxygen atoms in total. The minimum absolute atomic E-state index is 0.0186. The highest BCUT2D eigenvalue weighted by Gasteiger charge is 2.23. The highest BCUT2D eigenvalue weighted by atomic mass is 32.2. The second-order valence-electron chi connectivity index (χ2n) is 7.13. The Kier molecular flexibility index (Phi) is 6.77. The third-order valence-electron chi connectivity index (χ3n) is 4.84. The van der Waals surface area contributed by atoms with Gasteiger partial charge in [0.1, 0.15) is 0 Å². The van der Waals surface area contributed by atoms with Crippen molar-refractivity contribution in [3.63, 3.8) is 0 Å². The van der Waals surface area contributed by atoms with Gasteiger partial charge in [-0.15, -0.1) is 10.2 Å². The number of nitrogens with zero attached hydrogens (tertiary/aromatic N) is 2. The molecule has 0 fully saturated rings. The van der Waals surface area contributed by atoms with E-state index in [-0.39, 0.29) is 23.4 Å². The van der Waals surface area contributed by atoms with Crippen LogP contribution in [0.3, 0.4) is 0 Å². The van der Waals surface area contributed by atoms with E-state index in [4.69, 9.17) is 4.42 Å². The van der Waals surface area contributed by atoms with Crippen molar-refractivity contribution >= 4 is 29.1 Å². The Hall–Kier alpha value is -3.71. The number of anilines is 1. The maximum atomic E-state index is 12.3. The van der Waals surface area contributed by atoms with Gasteiger partial charge in [0, 0.05) is 11.3 Å². The molecule has 160 valence electrons. The Morgan fingerprint density at radius 1 is 0.875 bits per heavy atom. The molecule has 1 N–H and O–H groups in total. The number of carbonyl (C=O) groups is 2. The van der Waals surface area contributed by atoms with Crippen LogP contribution in [0.1, 0.15) is 40.2 Å². The summed E-state index contributed by atoms with van der Waals surface area (Å²) in [6.07, 6.45) is 0. The number of hydrogen-bond acceptors (Lipinski definition) is 6. The number of hydrogen-bond donors (Lipinski definition) is 1. The minimum atomic E-state index is -0.201. The van der Waals surface area contributed by atoms with Crippen molar-refractivity contribution in [2.75, 3.05) is 11.1 Å². The summed E-state index contributed by atoms with van der Waals surface area (Å²) in [6, 6.07) is 26.7. The molecule has 32 heavy (non-hydrogen) atoms. The van der Waals surface area contributed by atoms with Crippen LogP contribution < -0.4 is 5.32 Å². The average molecular weight is 444 g/mol. The molecule has 1 amide bonds. The first kappa shape index (κ1) is 21.5. The van der Waals surface area contributed by atoms with Gasteiger partial charge in [-0.2, -0.15) is 0 Å². The highest BCUT2D eigenvalue weighted by molar-refractivity contribution is 7.99. The second-order valence-corrected chi connectivity index (χ2v) is 8.06. The van der Waals surface area contributed by atoms with Gasteiger partial charge in [-0.05, 0) is 42.3 Å². The molecule has 1 heterocycles. The van der Waals surface area contributed by atoms with E-state index in [0.29, 0.717) is 22.4 Å². The zero-order valence-corrected chi connectivity index (χ0v) is 18.2. The van der Waals surface area contributed by atoms with Crippen LogP contribution >= 0.6 is 11.8 Å². The second kappa shape index (κ2) is 10.1. The van der Waals surface area contributed by atoms with E-state index in [1.54, 1.807) is 24.3 Å². The standard InChI is InChI=1S/C25H21N3O3S/c1-17(29)18-12-14-21(15-13-18)26-22(30)16-32-25-28-27-24(31-25)23(19-8-4-2-5-9-19)20-10-6-3-7-11-20/h2-15,23H,16H2,1H3,(H,26,30). The molecule has 1 aromatic heterocycles. The summed E-state index contributed by atoms with van der Waals surface area (Å²) >= 11 is 1.18. The largest absolute Gasteiger partial charge is 0.415 e. The van der Waals surface area contributed by atoms with E-state index in [1.807, 2.05) is 60.7 Å². The molecular formula is C25H21N3O3S. The summed E-state index contributed by atoms with van der Waals surface area (Å²) in [5.41, 5.74) is 3.32. The summed E-state index contributed by atoms with van der Waals surface area (Å²) in [5.74, 6) is 0.193. The molecule has 0 aliphatic heterocycles. The molecular weight excluding hydrogens is 422 g/mol. The lowest BCUT2D eigenvalue weighted by molar-refractivity contribution is -0.113. The number of carbonyl (C=O) groups excluding carboxylic acids is 2. The van der Waals surface area contributed by atoms with Crippen LogP contribution in [0.2, 0.25) is 0 Å². The zero-order chi connectivity index (χ0) is 22.3. The van der Waals surface area contributed by atoms with Crippen LogP contribution in [-0.2, 0) is 4.79 Å². The lowest BCUT2D eigenvalue weighted by atomic mass is 9.91. The Balaban J connectivity index is 1.43. The van der Waals surface area contributed by atoms with E-state index in [0.717, 1.165) is 11.1 Å². The smallest absolute Gasteiger partial charge is 0.277 e. The Labute approximate surface area is 190 Å². The van der Waals surface area contributed by atoms with Crippen molar-refractivity contribution < 1.29 is 14.0 Å². The van der Waals surface area contributed by atoms with Crippen LogP contribution in [-0.4, -0.2) is 27.6 Å². The highest BCUT2D eigenvalue weighted by Crippen LogP contribution is 2.32. The van der Waals surface area contributed by atoms with E-state index < -0.39 is 0 Å². The van der Waals surface area contributed by atoms with Gasteiger partial charge >= 0.3 is 0 Å². The Morgan fingerprint density at radius 3 is 2.03 bits per heavy atom. The van der Waals surface area contributed by atoms with Crippen LogP contribution in [0, 0.1) is 0 Å². The van der Waals surface area contributed by atoms with Crippen LogP contribution in [0.25, 0.3) is 0 Å². The summed E-state index contributed by atoms with van der Waals surface area (Å²) in [7, 11) is 0. The van der Waals surface area contributed by atoms with Gasteiger partial charge in [0.2, 0.25) is 11.8 Å². The van der Waals surface area contributed by atoms with Crippen molar-refractivity contribution in [2.45, 2.75) is 18.1 Å². The maximum absolute atomic E-state index is 12.3. The number of thioether (sulfide) groups is 1. The number of rotatable bonds is 8. The van der Waals surface area contributed by atoms with Gasteiger partial charge in [0.05, 0.1) is 11.7 Å². The van der Waals surface area contributed by atoms with Gasteiger partial charge < -0.3 is 9.73 Å². The minimum Gasteiger partial charge on any atom is -0.415 e. The summed E-state index contributed by atoms with van der Waals surface area (Å²) in [5, 5.41) is 11.5. The maximum Gasteiger partial charge on any atom is 0.277 e. The van der Waals surface area contributed by atoms with Crippen LogP contribution in [0.5, 0.6) is 0 Å². The SMILES string of the molecule is CC(=O)c1ccc(NC(=O)CSc2nnc(C(c3ccccc3)c3ccccc3)o2)cc1. The number of Topliss-reactive ketones (excluding diaryl/α,β-unsaturated/α-hetero) is 1. The fourth-order valence-electron chi connectivity index (χ4n) is 3.28. The molecule has 0 saturated carbocycles. The van der Waals surface area contributed by atoms with Gasteiger partial charge in [-0.1, -0.05) is 72.4 Å². The van der Waals surface area contributed by atoms with Gasteiger partial charge in [0.25, 0.3) is 5.22 Å². The molecule has 0 bridgehead atoms. The topological polar surface area (TPSA) is 85.1 Å². The number of amides is 1. The van der Waals surface area contributed by atoms with Crippen molar-refractivity contribution in [3.8, 4) is 0 Å². The number of ketones is 1. The average Bonchev–Trinajstić information content (AvgIpc) is 3.28. The first-order valence-corrected chi connectivity index (χ1v) is 11.1. The lowest BCUT2D eigenvalue weighted by Crippen LogP contribution is -2.14. The fourth-order valence-corrected chi connectivity index (χ4v) is 3.85. The zero-order valence-electron chi connectivity index (χ0n) is 17.4. The van der Waals surface area contributed by atoms with Crippen molar-refractivity contribution in [2.24, 2.45) is 0 Å².